The molecule has 2 fully saturated rings. The minimum atomic E-state index is -0.730. The van der Waals surface area contributed by atoms with Gasteiger partial charge in [0.15, 0.2) is 17.4 Å². The number of ether oxygens (including phenoxy) is 10. The molecule has 8 aromatic rings. The van der Waals surface area contributed by atoms with Crippen molar-refractivity contribution in [2.24, 2.45) is 0 Å². The molecule has 0 aliphatic carbocycles. The number of nitrogens with zero attached hydrogens (tertiary/aromatic N) is 14. The van der Waals surface area contributed by atoms with Crippen LogP contribution < -0.4 is 26.0 Å². The van der Waals surface area contributed by atoms with Gasteiger partial charge in [0.25, 0.3) is 17.6 Å². The van der Waals surface area contributed by atoms with Crippen LogP contribution in [0.1, 0.15) is 97.1 Å². The second kappa shape index (κ2) is 51.1. The average Bonchev–Trinajstić information content (AvgIpc) is 1.62. The number of likely N-dealkylation sites (N-methyl/N-ethyl adjacent to an activating group) is 2. The number of amides is 6. The van der Waals surface area contributed by atoms with E-state index in [9.17, 15) is 42.7 Å². The SMILES string of the molecule is CNC(=O)CCc1cn(CCOCCOCCOCCOCc2ncn(-c3ncc(OC)c4c(C(=O)C(=O)N5CCN(C(=O)c6ccccc6)CC5)c[nH]c34)n2)nn1.CNC(=O)COCCOCCn1cc(COCCOCOCCN(C)CCCNC(=O)C(=O)NCc2ccc(C(=O)Cc3ccc(Cl)c(F)c3)cc2CN2CCCCC2)nn1. The van der Waals surface area contributed by atoms with Gasteiger partial charge in [-0.15, -0.1) is 15.3 Å². The summed E-state index contributed by atoms with van der Waals surface area (Å²) in [5.74, 6) is -2.80. The Hall–Kier alpha value is -10.5. The summed E-state index contributed by atoms with van der Waals surface area (Å²) in [6, 6.07) is 18.7. The maximum Gasteiger partial charge on any atom is 0.309 e. The van der Waals surface area contributed by atoms with E-state index in [4.69, 9.17) is 59.0 Å². The molecular formula is C80H107ClFN19O18. The average molecular weight is 1680 g/mol. The molecule has 7 heterocycles. The lowest BCUT2D eigenvalue weighted by Gasteiger charge is -2.34. The summed E-state index contributed by atoms with van der Waals surface area (Å²) in [4.78, 5) is 120. The molecule has 644 valence electrons. The van der Waals surface area contributed by atoms with Crippen LogP contribution in [-0.4, -0.2) is 308 Å². The Morgan fingerprint density at radius 2 is 1.27 bits per heavy atom. The normalized spacial score (nSPS) is 13.0. The number of carbonyl (C=O) groups excluding carboxylic acids is 8. The number of methoxy groups -OCH3 is 1. The van der Waals surface area contributed by atoms with Crippen molar-refractivity contribution in [2.45, 2.75) is 84.3 Å². The molecule has 0 atom stereocenters. The lowest BCUT2D eigenvalue weighted by molar-refractivity contribution is -0.139. The molecule has 5 aromatic heterocycles. The van der Waals surface area contributed by atoms with Gasteiger partial charge in [-0.3, -0.25) is 43.3 Å². The first-order valence-electron chi connectivity index (χ1n) is 39.5. The Bertz CT molecular complexity index is 4500. The van der Waals surface area contributed by atoms with Crippen LogP contribution in [0.25, 0.3) is 16.7 Å². The number of Topliss-reactive ketones (excluding diaryl/α,β-unsaturated/α-hetero) is 2. The number of rotatable bonds is 51. The van der Waals surface area contributed by atoms with E-state index in [-0.39, 0.29) is 80.2 Å². The molecule has 2 saturated heterocycles. The number of hydrogen-bond acceptors (Lipinski definition) is 27. The molecule has 2 aliphatic rings. The van der Waals surface area contributed by atoms with Crippen LogP contribution in [0, 0.1) is 5.82 Å². The monoisotopic (exact) mass is 1680 g/mol. The second-order valence-corrected chi connectivity index (χ2v) is 28.0. The van der Waals surface area contributed by atoms with Crippen molar-refractivity contribution in [3.63, 3.8) is 0 Å². The Labute approximate surface area is 693 Å². The van der Waals surface area contributed by atoms with Crippen LogP contribution in [-0.2, 0) is 119 Å². The summed E-state index contributed by atoms with van der Waals surface area (Å²) < 4.78 is 74.0. The van der Waals surface area contributed by atoms with Crippen molar-refractivity contribution in [2.75, 3.05) is 186 Å². The molecule has 3 aromatic carbocycles. The van der Waals surface area contributed by atoms with Crippen molar-refractivity contribution in [1.82, 2.24) is 95.6 Å². The van der Waals surface area contributed by atoms with E-state index in [1.165, 1.54) is 54.0 Å². The number of piperazine rings is 1. The van der Waals surface area contributed by atoms with E-state index >= 15 is 0 Å². The van der Waals surface area contributed by atoms with E-state index in [1.807, 2.05) is 31.4 Å². The number of piperidine rings is 1. The van der Waals surface area contributed by atoms with Gasteiger partial charge in [-0.25, -0.2) is 28.4 Å². The van der Waals surface area contributed by atoms with Gasteiger partial charge < -0.3 is 88.3 Å². The van der Waals surface area contributed by atoms with Gasteiger partial charge in [-0.1, -0.05) is 64.8 Å². The molecule has 37 nitrogen and oxygen atoms in total. The van der Waals surface area contributed by atoms with Gasteiger partial charge in [0.2, 0.25) is 11.8 Å². The van der Waals surface area contributed by atoms with Gasteiger partial charge >= 0.3 is 11.8 Å². The molecule has 0 saturated carbocycles. The minimum absolute atomic E-state index is 0.00522. The summed E-state index contributed by atoms with van der Waals surface area (Å²) in [5.41, 5.74) is 5.35. The third kappa shape index (κ3) is 31.3. The van der Waals surface area contributed by atoms with Crippen LogP contribution >= 0.6 is 11.6 Å². The van der Waals surface area contributed by atoms with Crippen molar-refractivity contribution in [3.8, 4) is 11.6 Å². The van der Waals surface area contributed by atoms with Crippen molar-refractivity contribution < 1.29 is 90.1 Å². The number of carbonyl (C=O) groups is 8. The summed E-state index contributed by atoms with van der Waals surface area (Å²) in [7, 11) is 6.56. The number of halogens is 2. The van der Waals surface area contributed by atoms with Crippen LogP contribution in [0.3, 0.4) is 0 Å². The first-order chi connectivity index (χ1) is 58.0. The van der Waals surface area contributed by atoms with Crippen LogP contribution in [0.2, 0.25) is 5.02 Å². The largest absolute Gasteiger partial charge is 0.494 e. The number of hydrogen-bond donors (Lipinski definition) is 5. The molecular weight excluding hydrogens is 1570 g/mol. The van der Waals surface area contributed by atoms with Crippen molar-refractivity contribution >= 4 is 69.5 Å². The van der Waals surface area contributed by atoms with E-state index in [1.54, 1.807) is 71.0 Å². The molecule has 119 heavy (non-hydrogen) atoms. The maximum absolute atomic E-state index is 14.0. The van der Waals surface area contributed by atoms with E-state index < -0.39 is 29.3 Å². The number of H-pyrrole nitrogens is 1. The minimum Gasteiger partial charge on any atom is -0.494 e. The molecule has 0 radical (unpaired) electrons. The van der Waals surface area contributed by atoms with Gasteiger partial charge in [0, 0.05) is 109 Å². The summed E-state index contributed by atoms with van der Waals surface area (Å²) in [6.07, 6.45) is 13.0. The fourth-order valence-corrected chi connectivity index (χ4v) is 12.5. The molecule has 5 N–H and O–H groups in total. The highest BCUT2D eigenvalue weighted by molar-refractivity contribution is 6.45. The number of benzene rings is 3. The molecule has 0 bridgehead atoms. The molecule has 39 heteroatoms. The first kappa shape index (κ1) is 92.4. The number of aromatic nitrogens is 11. The zero-order valence-corrected chi connectivity index (χ0v) is 68.5. The number of aromatic amines is 1. The standard InChI is InChI=1S/C42H60ClFN8O9.C38H47N11O9/c1-45-40(54)30-59-20-19-57-18-16-52-28-36(48-49-52)29-58-21-22-61-31-60-17-15-50(2)12-6-11-46-41(55)42(56)47-26-34-9-8-33(25-35(34)27-51-13-4-3-5-14-51)39(53)24-32-7-10-37(43)38(44)23-32;1-39-32(50)9-8-28-24-48(45-43-28)14-15-55-16-17-56-18-19-57-20-21-58-25-31-42-26-49(44-31)36-34-33(30(54-2)23-41-36)29(22-40-34)35(51)38(53)47-12-10-46(11-13-47)37(52)27-6-4-3-5-7-27/h7-10,23,25,28H,3-6,11-22,24,26-27,29-31H2,1-2H3,(H,45,54)(H,46,55)(H,47,56);3-7,22-24,26,40H,8-21,25H2,1-2H3,(H,39,50). The summed E-state index contributed by atoms with van der Waals surface area (Å²) >= 11 is 5.81. The van der Waals surface area contributed by atoms with Gasteiger partial charge in [0.05, 0.1) is 152 Å². The Morgan fingerprint density at radius 3 is 1.97 bits per heavy atom. The third-order valence-corrected chi connectivity index (χ3v) is 19.2. The predicted octanol–water partition coefficient (Wildman–Crippen LogP) is 3.38. The van der Waals surface area contributed by atoms with Crippen LogP contribution in [0.5, 0.6) is 5.75 Å². The Morgan fingerprint density at radius 1 is 0.630 bits per heavy atom. The van der Waals surface area contributed by atoms with Crippen LogP contribution in [0.15, 0.2) is 97.8 Å². The maximum atomic E-state index is 14.0. The highest BCUT2D eigenvalue weighted by Crippen LogP contribution is 2.32. The zero-order chi connectivity index (χ0) is 84.4. The Balaban J connectivity index is 0.000000271. The highest BCUT2D eigenvalue weighted by atomic mass is 35.5. The smallest absolute Gasteiger partial charge is 0.309 e. The predicted molar refractivity (Wildman–Crippen MR) is 429 cm³/mol. The number of aryl methyl sites for hydroxylation is 1. The fraction of sp³-hybridized carbons (Fsp3) is 0.512. The van der Waals surface area contributed by atoms with Crippen LogP contribution in [0.4, 0.5) is 4.39 Å². The fourth-order valence-electron chi connectivity index (χ4n) is 12.4. The summed E-state index contributed by atoms with van der Waals surface area (Å²) in [6.45, 7) is 12.1. The van der Waals surface area contributed by atoms with Gasteiger partial charge in [0.1, 0.15) is 43.6 Å². The third-order valence-electron chi connectivity index (χ3n) is 18.9. The number of pyridine rings is 1. The second-order valence-electron chi connectivity index (χ2n) is 27.6. The van der Waals surface area contributed by atoms with Crippen molar-refractivity contribution in [3.05, 3.63) is 159 Å². The number of fused-ring (bicyclic) bond motifs is 1. The molecule has 2 aliphatic heterocycles. The molecule has 0 unspecified atom stereocenters. The lowest BCUT2D eigenvalue weighted by Crippen LogP contribution is -2.52. The molecule has 10 rings (SSSR count). The molecule has 0 spiro atoms. The van der Waals surface area contributed by atoms with E-state index in [0.29, 0.717) is 215 Å². The quantitative estimate of drug-likeness (QED) is 0.0158. The van der Waals surface area contributed by atoms with E-state index in [0.717, 1.165) is 42.8 Å². The van der Waals surface area contributed by atoms with Gasteiger partial charge in [-0.2, -0.15) is 0 Å². The summed E-state index contributed by atoms with van der Waals surface area (Å²) in [5, 5.41) is 31.6. The Kier molecular flexibility index (Phi) is 39.7. The van der Waals surface area contributed by atoms with E-state index in [2.05, 4.69) is 71.7 Å². The van der Waals surface area contributed by atoms with Crippen molar-refractivity contribution in [1.29, 1.82) is 0 Å². The number of likely N-dealkylation sites (tertiary alicyclic amines) is 1. The first-order valence-corrected chi connectivity index (χ1v) is 39.9. The number of ketones is 2. The highest BCUT2D eigenvalue weighted by Gasteiger charge is 2.32. The zero-order valence-electron chi connectivity index (χ0n) is 67.8. The lowest BCUT2D eigenvalue weighted by atomic mass is 9.97. The van der Waals surface area contributed by atoms with Gasteiger partial charge in [-0.05, 0) is 93.0 Å². The topological polar surface area (TPSA) is 411 Å². The molecule has 6 amide bonds. The number of nitrogens with one attached hydrogen (secondary N) is 5.